The Kier molecular flexibility index (Phi) is 4.29. The molecule has 2 rings (SSSR count). The highest BCUT2D eigenvalue weighted by atomic mass is 35.5. The lowest BCUT2D eigenvalue weighted by Gasteiger charge is -2.26. The van der Waals surface area contributed by atoms with Gasteiger partial charge in [-0.15, -0.1) is 0 Å². The van der Waals surface area contributed by atoms with Crippen LogP contribution in [0.2, 0.25) is 5.02 Å². The van der Waals surface area contributed by atoms with Crippen LogP contribution < -0.4 is 5.32 Å². The normalized spacial score (nSPS) is 15.7. The fourth-order valence-electron chi connectivity index (χ4n) is 2.59. The van der Waals surface area contributed by atoms with Gasteiger partial charge in [0, 0.05) is 16.4 Å². The van der Waals surface area contributed by atoms with E-state index in [2.05, 4.69) is 52.1 Å². The van der Waals surface area contributed by atoms with Gasteiger partial charge in [-0.05, 0) is 67.0 Å². The Labute approximate surface area is 127 Å². The van der Waals surface area contributed by atoms with Crippen molar-refractivity contribution in [2.24, 2.45) is 5.41 Å². The Morgan fingerprint density at radius 3 is 2.25 bits per heavy atom. The lowest BCUT2D eigenvalue weighted by molar-refractivity contribution is 0.511. The number of rotatable bonds is 2. The summed E-state index contributed by atoms with van der Waals surface area (Å²) in [6.07, 6.45) is 6.84. The lowest BCUT2D eigenvalue weighted by atomic mass is 9.83. The largest absolute Gasteiger partial charge is 0.358 e. The van der Waals surface area contributed by atoms with Crippen LogP contribution in [-0.2, 0) is 0 Å². The van der Waals surface area contributed by atoms with Gasteiger partial charge in [-0.2, -0.15) is 0 Å². The van der Waals surface area contributed by atoms with Crippen molar-refractivity contribution in [3.8, 4) is 0 Å². The maximum atomic E-state index is 6.10. The molecule has 0 saturated carbocycles. The molecule has 0 unspecified atom stereocenters. The molecule has 108 valence electrons. The standard InChI is InChI=1S/C18H24ClN/c1-12-9-15(19)10-13(2)17(12)20-16-8-6-7-14(11-16)18(3,4)5/h7,9-11,20H,6,8H2,1-5H3. The van der Waals surface area contributed by atoms with E-state index in [0.29, 0.717) is 0 Å². The van der Waals surface area contributed by atoms with Gasteiger partial charge in [0.25, 0.3) is 0 Å². The number of aryl methyl sites for hydroxylation is 2. The first-order valence-corrected chi connectivity index (χ1v) is 7.60. The van der Waals surface area contributed by atoms with Gasteiger partial charge in [-0.25, -0.2) is 0 Å². The van der Waals surface area contributed by atoms with Crippen molar-refractivity contribution in [2.45, 2.75) is 47.5 Å². The fraction of sp³-hybridized carbons (Fsp3) is 0.444. The average Bonchev–Trinajstić information content (AvgIpc) is 2.33. The summed E-state index contributed by atoms with van der Waals surface area (Å²) in [6.45, 7) is 11.0. The van der Waals surface area contributed by atoms with E-state index in [0.717, 1.165) is 17.9 Å². The van der Waals surface area contributed by atoms with Crippen LogP contribution in [0, 0.1) is 19.3 Å². The van der Waals surface area contributed by atoms with E-state index in [1.54, 1.807) is 0 Å². The Balaban J connectivity index is 2.27. The SMILES string of the molecule is Cc1cc(Cl)cc(C)c1NC1=CC(C(C)(C)C)=CCC1. The zero-order chi connectivity index (χ0) is 14.9. The van der Waals surface area contributed by atoms with Crippen molar-refractivity contribution in [2.75, 3.05) is 5.32 Å². The molecule has 0 radical (unpaired) electrons. The molecule has 0 amide bonds. The summed E-state index contributed by atoms with van der Waals surface area (Å²) in [7, 11) is 0. The Morgan fingerprint density at radius 1 is 1.10 bits per heavy atom. The van der Waals surface area contributed by atoms with Crippen molar-refractivity contribution < 1.29 is 0 Å². The Bertz CT molecular complexity index is 551. The summed E-state index contributed by atoms with van der Waals surface area (Å²) in [5, 5.41) is 4.41. The van der Waals surface area contributed by atoms with E-state index in [9.17, 15) is 0 Å². The lowest BCUT2D eigenvalue weighted by Crippen LogP contribution is -2.13. The molecule has 20 heavy (non-hydrogen) atoms. The minimum Gasteiger partial charge on any atom is -0.358 e. The second kappa shape index (κ2) is 5.65. The molecule has 1 aliphatic rings. The zero-order valence-electron chi connectivity index (χ0n) is 13.1. The third-order valence-electron chi connectivity index (χ3n) is 3.76. The van der Waals surface area contributed by atoms with Gasteiger partial charge in [0.15, 0.2) is 0 Å². The molecule has 1 N–H and O–H groups in total. The molecule has 0 fully saturated rings. The minimum absolute atomic E-state index is 0.206. The molecule has 0 spiro atoms. The maximum Gasteiger partial charge on any atom is 0.0442 e. The van der Waals surface area contributed by atoms with Crippen molar-refractivity contribution in [3.63, 3.8) is 0 Å². The molecule has 2 heteroatoms. The van der Waals surface area contributed by atoms with E-state index in [-0.39, 0.29) is 5.41 Å². The summed E-state index contributed by atoms with van der Waals surface area (Å²) < 4.78 is 0. The quantitative estimate of drug-likeness (QED) is 0.702. The Hall–Kier alpha value is -1.21. The van der Waals surface area contributed by atoms with Gasteiger partial charge in [0.1, 0.15) is 0 Å². The van der Waals surface area contributed by atoms with Crippen LogP contribution in [0.3, 0.4) is 0 Å². The predicted octanol–water partition coefficient (Wildman–Crippen LogP) is 6.02. The second-order valence-electron chi connectivity index (χ2n) is 6.66. The van der Waals surface area contributed by atoms with Crippen molar-refractivity contribution in [1.29, 1.82) is 0 Å². The molecule has 0 atom stereocenters. The van der Waals surface area contributed by atoms with Gasteiger partial charge in [0.05, 0.1) is 0 Å². The van der Waals surface area contributed by atoms with Gasteiger partial charge in [-0.1, -0.05) is 38.4 Å². The van der Waals surface area contributed by atoms with E-state index in [1.807, 2.05) is 12.1 Å². The fourth-order valence-corrected chi connectivity index (χ4v) is 2.92. The third kappa shape index (κ3) is 3.46. The summed E-state index contributed by atoms with van der Waals surface area (Å²) in [4.78, 5) is 0. The number of benzene rings is 1. The molecule has 1 aromatic rings. The number of allylic oxidation sites excluding steroid dienone is 4. The topological polar surface area (TPSA) is 12.0 Å². The summed E-state index contributed by atoms with van der Waals surface area (Å²) in [6, 6.07) is 4.03. The molecule has 1 aliphatic carbocycles. The summed E-state index contributed by atoms with van der Waals surface area (Å²) >= 11 is 6.10. The number of halogens is 1. The smallest absolute Gasteiger partial charge is 0.0442 e. The predicted molar refractivity (Wildman–Crippen MR) is 89.4 cm³/mol. The number of hydrogen-bond donors (Lipinski definition) is 1. The third-order valence-corrected chi connectivity index (χ3v) is 3.97. The molecule has 0 aliphatic heterocycles. The molecule has 0 saturated heterocycles. The van der Waals surface area contributed by atoms with Crippen LogP contribution in [-0.4, -0.2) is 0 Å². The molecular formula is C18H24ClN. The summed E-state index contributed by atoms with van der Waals surface area (Å²) in [5.41, 5.74) is 6.50. The van der Waals surface area contributed by atoms with Crippen LogP contribution in [0.5, 0.6) is 0 Å². The first-order chi connectivity index (χ1) is 9.27. The molecule has 0 aromatic heterocycles. The highest BCUT2D eigenvalue weighted by Gasteiger charge is 2.18. The van der Waals surface area contributed by atoms with Crippen molar-refractivity contribution in [3.05, 3.63) is 51.7 Å². The molecule has 1 nitrogen and oxygen atoms in total. The maximum absolute atomic E-state index is 6.10. The second-order valence-corrected chi connectivity index (χ2v) is 7.09. The highest BCUT2D eigenvalue weighted by molar-refractivity contribution is 6.30. The number of nitrogens with one attached hydrogen (secondary N) is 1. The first-order valence-electron chi connectivity index (χ1n) is 7.22. The number of anilines is 1. The monoisotopic (exact) mass is 289 g/mol. The zero-order valence-corrected chi connectivity index (χ0v) is 13.9. The highest BCUT2D eigenvalue weighted by Crippen LogP contribution is 2.33. The van der Waals surface area contributed by atoms with Crippen LogP contribution in [0.15, 0.2) is 35.6 Å². The van der Waals surface area contributed by atoms with Gasteiger partial charge in [-0.3, -0.25) is 0 Å². The van der Waals surface area contributed by atoms with Crippen molar-refractivity contribution >= 4 is 17.3 Å². The van der Waals surface area contributed by atoms with E-state index in [4.69, 9.17) is 11.6 Å². The van der Waals surface area contributed by atoms with E-state index in [1.165, 1.54) is 28.1 Å². The van der Waals surface area contributed by atoms with Crippen LogP contribution in [0.1, 0.15) is 44.7 Å². The van der Waals surface area contributed by atoms with E-state index < -0.39 is 0 Å². The molecule has 1 aromatic carbocycles. The van der Waals surface area contributed by atoms with Crippen molar-refractivity contribution in [1.82, 2.24) is 0 Å². The van der Waals surface area contributed by atoms with Gasteiger partial charge in [0.2, 0.25) is 0 Å². The first kappa shape index (κ1) is 15.2. The van der Waals surface area contributed by atoms with Crippen LogP contribution >= 0.6 is 11.6 Å². The van der Waals surface area contributed by atoms with Crippen LogP contribution in [0.4, 0.5) is 5.69 Å². The van der Waals surface area contributed by atoms with E-state index >= 15 is 0 Å². The van der Waals surface area contributed by atoms with Gasteiger partial charge < -0.3 is 5.32 Å². The Morgan fingerprint density at radius 2 is 1.70 bits per heavy atom. The molecule has 0 bridgehead atoms. The number of hydrogen-bond acceptors (Lipinski definition) is 1. The average molecular weight is 290 g/mol. The molecular weight excluding hydrogens is 266 g/mol. The molecule has 0 heterocycles. The summed E-state index contributed by atoms with van der Waals surface area (Å²) in [5.74, 6) is 0. The minimum atomic E-state index is 0.206. The van der Waals surface area contributed by atoms with Crippen LogP contribution in [0.25, 0.3) is 0 Å². The van der Waals surface area contributed by atoms with Gasteiger partial charge >= 0.3 is 0 Å².